The molecule has 20 heavy (non-hydrogen) atoms. The van der Waals surface area contributed by atoms with Gasteiger partial charge in [0.2, 0.25) is 11.8 Å². The molecular formula is C14H16FN3O2. The fraction of sp³-hybridized carbons (Fsp3) is 0.286. The van der Waals surface area contributed by atoms with E-state index in [4.69, 9.17) is 11.5 Å². The van der Waals surface area contributed by atoms with Crippen molar-refractivity contribution in [3.8, 4) is 0 Å². The summed E-state index contributed by atoms with van der Waals surface area (Å²) >= 11 is 0. The van der Waals surface area contributed by atoms with Gasteiger partial charge in [-0.1, -0.05) is 12.2 Å². The number of carbonyl (C=O) groups excluding carboxylic acids is 2. The molecule has 5 N–H and O–H groups in total. The van der Waals surface area contributed by atoms with E-state index in [0.29, 0.717) is 6.42 Å². The number of amides is 2. The maximum absolute atomic E-state index is 13.7. The van der Waals surface area contributed by atoms with Crippen LogP contribution in [0.3, 0.4) is 0 Å². The monoisotopic (exact) mass is 277 g/mol. The maximum atomic E-state index is 13.7. The number of benzene rings is 1. The molecule has 0 aliphatic heterocycles. The number of nitrogens with one attached hydrogen (secondary N) is 1. The highest BCUT2D eigenvalue weighted by Crippen LogP contribution is 2.23. The molecule has 2 amide bonds. The summed E-state index contributed by atoms with van der Waals surface area (Å²) in [7, 11) is 0. The van der Waals surface area contributed by atoms with Crippen LogP contribution in [0.15, 0.2) is 24.3 Å². The fourth-order valence-electron chi connectivity index (χ4n) is 2.10. The van der Waals surface area contributed by atoms with E-state index in [1.165, 1.54) is 13.0 Å². The molecule has 1 aliphatic rings. The minimum absolute atomic E-state index is 0.0158. The molecule has 0 fully saturated rings. The lowest BCUT2D eigenvalue weighted by Gasteiger charge is -2.13. The quantitative estimate of drug-likeness (QED) is 0.721. The number of nitrogens with two attached hydrogens (primary N) is 2. The van der Waals surface area contributed by atoms with Crippen LogP contribution in [0.2, 0.25) is 0 Å². The van der Waals surface area contributed by atoms with Crippen LogP contribution in [0, 0.1) is 18.7 Å². The van der Waals surface area contributed by atoms with E-state index < -0.39 is 11.7 Å². The van der Waals surface area contributed by atoms with Crippen molar-refractivity contribution in [3.63, 3.8) is 0 Å². The zero-order valence-electron chi connectivity index (χ0n) is 11.0. The molecule has 2 unspecified atom stereocenters. The SMILES string of the molecule is Cc1c(F)cc(C(N)=O)cc1NC(=O)C1C=CC(N)C1. The van der Waals surface area contributed by atoms with Crippen LogP contribution >= 0.6 is 0 Å². The third-order valence-electron chi connectivity index (χ3n) is 3.34. The number of primary amides is 1. The van der Waals surface area contributed by atoms with Gasteiger partial charge in [0, 0.05) is 22.9 Å². The second-order valence-corrected chi connectivity index (χ2v) is 4.88. The number of rotatable bonds is 3. The minimum Gasteiger partial charge on any atom is -0.366 e. The van der Waals surface area contributed by atoms with Crippen molar-refractivity contribution in [2.45, 2.75) is 19.4 Å². The van der Waals surface area contributed by atoms with Crippen molar-refractivity contribution in [1.82, 2.24) is 0 Å². The standard InChI is InChI=1S/C14H16FN3O2/c1-7-11(15)5-9(13(17)19)6-12(7)18-14(20)8-2-3-10(16)4-8/h2-3,5-6,8,10H,4,16H2,1H3,(H2,17,19)(H,18,20). The lowest BCUT2D eigenvalue weighted by atomic mass is 10.1. The van der Waals surface area contributed by atoms with Crippen molar-refractivity contribution in [1.29, 1.82) is 0 Å². The predicted molar refractivity (Wildman–Crippen MR) is 73.5 cm³/mol. The molecule has 1 aromatic rings. The molecule has 1 aliphatic carbocycles. The Morgan fingerprint density at radius 3 is 2.60 bits per heavy atom. The molecule has 0 heterocycles. The van der Waals surface area contributed by atoms with Gasteiger partial charge in [0.1, 0.15) is 5.82 Å². The highest BCUT2D eigenvalue weighted by Gasteiger charge is 2.23. The lowest BCUT2D eigenvalue weighted by molar-refractivity contribution is -0.118. The van der Waals surface area contributed by atoms with E-state index in [0.717, 1.165) is 6.07 Å². The Morgan fingerprint density at radius 1 is 1.35 bits per heavy atom. The number of carbonyl (C=O) groups is 2. The zero-order chi connectivity index (χ0) is 14.9. The van der Waals surface area contributed by atoms with Gasteiger partial charge in [0.05, 0.1) is 5.92 Å². The van der Waals surface area contributed by atoms with E-state index in [1.54, 1.807) is 12.2 Å². The summed E-state index contributed by atoms with van der Waals surface area (Å²) in [5.41, 5.74) is 11.3. The molecule has 0 spiro atoms. The van der Waals surface area contributed by atoms with Crippen LogP contribution in [-0.2, 0) is 4.79 Å². The molecule has 6 heteroatoms. The van der Waals surface area contributed by atoms with E-state index in [9.17, 15) is 14.0 Å². The Bertz CT molecular complexity index is 598. The van der Waals surface area contributed by atoms with Gasteiger partial charge in [0.25, 0.3) is 0 Å². The fourth-order valence-corrected chi connectivity index (χ4v) is 2.10. The molecule has 1 aromatic carbocycles. The van der Waals surface area contributed by atoms with E-state index in [1.807, 2.05) is 0 Å². The second-order valence-electron chi connectivity index (χ2n) is 4.88. The topological polar surface area (TPSA) is 98.2 Å². The number of hydrogen-bond donors (Lipinski definition) is 3. The van der Waals surface area contributed by atoms with Crippen LogP contribution in [0.25, 0.3) is 0 Å². The van der Waals surface area contributed by atoms with Gasteiger partial charge in [0.15, 0.2) is 0 Å². The lowest BCUT2D eigenvalue weighted by Crippen LogP contribution is -2.24. The third kappa shape index (κ3) is 2.85. The first kappa shape index (κ1) is 14.2. The molecule has 5 nitrogen and oxygen atoms in total. The summed E-state index contributed by atoms with van der Waals surface area (Å²) < 4.78 is 13.7. The smallest absolute Gasteiger partial charge is 0.248 e. The van der Waals surface area contributed by atoms with Crippen molar-refractivity contribution >= 4 is 17.5 Å². The van der Waals surface area contributed by atoms with Crippen molar-refractivity contribution in [3.05, 3.63) is 41.2 Å². The van der Waals surface area contributed by atoms with Crippen molar-refractivity contribution < 1.29 is 14.0 Å². The van der Waals surface area contributed by atoms with Crippen LogP contribution in [-0.4, -0.2) is 17.9 Å². The Balaban J connectivity index is 2.22. The first-order chi connectivity index (χ1) is 9.38. The molecular weight excluding hydrogens is 261 g/mol. The molecule has 0 radical (unpaired) electrons. The van der Waals surface area contributed by atoms with Crippen LogP contribution in [0.1, 0.15) is 22.3 Å². The second kappa shape index (κ2) is 5.42. The summed E-state index contributed by atoms with van der Waals surface area (Å²) in [6, 6.07) is 2.29. The summed E-state index contributed by atoms with van der Waals surface area (Å²) in [6.45, 7) is 1.52. The van der Waals surface area contributed by atoms with Crippen molar-refractivity contribution in [2.24, 2.45) is 17.4 Å². The summed E-state index contributed by atoms with van der Waals surface area (Å²) in [6.07, 6.45) is 4.00. The summed E-state index contributed by atoms with van der Waals surface area (Å²) in [5.74, 6) is -1.96. The highest BCUT2D eigenvalue weighted by molar-refractivity contribution is 5.98. The Labute approximate surface area is 115 Å². The average molecular weight is 277 g/mol. The predicted octanol–water partition coefficient (Wildman–Crippen LogP) is 1.07. The number of hydrogen-bond acceptors (Lipinski definition) is 3. The van der Waals surface area contributed by atoms with Gasteiger partial charge in [-0.05, 0) is 25.5 Å². The summed E-state index contributed by atoms with van der Waals surface area (Å²) in [4.78, 5) is 23.2. The largest absolute Gasteiger partial charge is 0.366 e. The Morgan fingerprint density at radius 2 is 2.05 bits per heavy atom. The first-order valence-corrected chi connectivity index (χ1v) is 6.23. The molecule has 0 saturated heterocycles. The van der Waals surface area contributed by atoms with E-state index in [-0.39, 0.29) is 34.7 Å². The highest BCUT2D eigenvalue weighted by atomic mass is 19.1. The van der Waals surface area contributed by atoms with E-state index >= 15 is 0 Å². The summed E-state index contributed by atoms with van der Waals surface area (Å²) in [5, 5.41) is 2.62. The Kier molecular flexibility index (Phi) is 3.85. The molecule has 0 aromatic heterocycles. The van der Waals surface area contributed by atoms with Gasteiger partial charge in [-0.3, -0.25) is 9.59 Å². The Hall–Kier alpha value is -2.21. The van der Waals surface area contributed by atoms with Crippen LogP contribution in [0.5, 0.6) is 0 Å². The van der Waals surface area contributed by atoms with Gasteiger partial charge >= 0.3 is 0 Å². The molecule has 106 valence electrons. The zero-order valence-corrected chi connectivity index (χ0v) is 11.0. The first-order valence-electron chi connectivity index (χ1n) is 6.23. The van der Waals surface area contributed by atoms with Gasteiger partial charge in [-0.2, -0.15) is 0 Å². The van der Waals surface area contributed by atoms with Gasteiger partial charge < -0.3 is 16.8 Å². The maximum Gasteiger partial charge on any atom is 0.248 e. The average Bonchev–Trinajstić information content (AvgIpc) is 2.81. The third-order valence-corrected chi connectivity index (χ3v) is 3.34. The van der Waals surface area contributed by atoms with Crippen LogP contribution in [0.4, 0.5) is 10.1 Å². The molecule has 0 bridgehead atoms. The van der Waals surface area contributed by atoms with Crippen LogP contribution < -0.4 is 16.8 Å². The van der Waals surface area contributed by atoms with Gasteiger partial charge in [-0.15, -0.1) is 0 Å². The van der Waals surface area contributed by atoms with Crippen molar-refractivity contribution in [2.75, 3.05) is 5.32 Å². The minimum atomic E-state index is -0.748. The molecule has 2 atom stereocenters. The normalized spacial score (nSPS) is 20.9. The number of halogens is 1. The molecule has 2 rings (SSSR count). The van der Waals surface area contributed by atoms with Gasteiger partial charge in [-0.25, -0.2) is 4.39 Å². The van der Waals surface area contributed by atoms with E-state index in [2.05, 4.69) is 5.32 Å². The number of anilines is 1. The molecule has 0 saturated carbocycles.